The van der Waals surface area contributed by atoms with E-state index in [1.807, 2.05) is 6.92 Å². The predicted octanol–water partition coefficient (Wildman–Crippen LogP) is 2.91. The summed E-state index contributed by atoms with van der Waals surface area (Å²) in [7, 11) is 0. The summed E-state index contributed by atoms with van der Waals surface area (Å²) in [6.07, 6.45) is 3.27. The topological polar surface area (TPSA) is 63.3 Å². The second-order valence-electron chi connectivity index (χ2n) is 4.16. The maximum absolute atomic E-state index is 10.9. The number of carboxylic acids is 1. The molecule has 0 radical (unpaired) electrons. The van der Waals surface area contributed by atoms with Gasteiger partial charge in [0.05, 0.1) is 5.69 Å². The Morgan fingerprint density at radius 3 is 2.69 bits per heavy atom. The van der Waals surface area contributed by atoms with E-state index in [0.29, 0.717) is 30.3 Å². The Morgan fingerprint density at radius 1 is 1.50 bits per heavy atom. The van der Waals surface area contributed by atoms with Crippen LogP contribution >= 0.6 is 0 Å². The van der Waals surface area contributed by atoms with Crippen LogP contribution in [0.5, 0.6) is 0 Å². The highest BCUT2D eigenvalue weighted by atomic mass is 16.4. The van der Waals surface area contributed by atoms with Gasteiger partial charge in [0.25, 0.3) is 0 Å². The van der Waals surface area contributed by atoms with Gasteiger partial charge in [0, 0.05) is 6.42 Å². The van der Waals surface area contributed by atoms with Crippen molar-refractivity contribution >= 4 is 5.97 Å². The molecule has 1 aromatic rings. The van der Waals surface area contributed by atoms with E-state index in [1.54, 1.807) is 0 Å². The zero-order valence-corrected chi connectivity index (χ0v) is 10.1. The number of hydrogen-bond donors (Lipinski definition) is 1. The molecule has 0 aromatic carbocycles. The molecule has 0 amide bonds. The Bertz CT molecular complexity index is 357. The molecule has 4 nitrogen and oxygen atoms in total. The number of aromatic nitrogens is 1. The van der Waals surface area contributed by atoms with E-state index in [1.165, 1.54) is 0 Å². The lowest BCUT2D eigenvalue weighted by Gasteiger charge is -2.02. The highest BCUT2D eigenvalue weighted by Gasteiger charge is 2.19. The fourth-order valence-corrected chi connectivity index (χ4v) is 1.50. The van der Waals surface area contributed by atoms with Gasteiger partial charge in [-0.2, -0.15) is 0 Å². The molecule has 1 N–H and O–H groups in total. The van der Waals surface area contributed by atoms with Crippen LogP contribution in [0.2, 0.25) is 0 Å². The van der Waals surface area contributed by atoms with E-state index in [2.05, 4.69) is 18.8 Å². The molecule has 1 rings (SSSR count). The standard InChI is InChI=1S/C12H19NO3/c1-4-6-9-11(12(14)15)16-10(13-9)7-8(3)5-2/h8H,4-7H2,1-3H3,(H,14,15). The second kappa shape index (κ2) is 5.68. The number of hydrogen-bond acceptors (Lipinski definition) is 3. The Morgan fingerprint density at radius 2 is 2.19 bits per heavy atom. The van der Waals surface area contributed by atoms with Crippen molar-refractivity contribution in [3.8, 4) is 0 Å². The number of nitrogens with zero attached hydrogens (tertiary/aromatic N) is 1. The van der Waals surface area contributed by atoms with Crippen LogP contribution in [0.1, 0.15) is 55.8 Å². The molecule has 1 heterocycles. The largest absolute Gasteiger partial charge is 0.475 e. The van der Waals surface area contributed by atoms with E-state index in [4.69, 9.17) is 9.52 Å². The minimum Gasteiger partial charge on any atom is -0.475 e. The summed E-state index contributed by atoms with van der Waals surface area (Å²) in [6, 6.07) is 0. The average Bonchev–Trinajstić information content (AvgIpc) is 2.61. The number of aryl methyl sites for hydroxylation is 1. The van der Waals surface area contributed by atoms with Crippen molar-refractivity contribution in [3.05, 3.63) is 17.3 Å². The molecule has 0 bridgehead atoms. The molecular formula is C12H19NO3. The van der Waals surface area contributed by atoms with Crippen LogP contribution < -0.4 is 0 Å². The quantitative estimate of drug-likeness (QED) is 0.808. The van der Waals surface area contributed by atoms with Gasteiger partial charge in [-0.25, -0.2) is 9.78 Å². The highest BCUT2D eigenvalue weighted by molar-refractivity contribution is 5.85. The molecule has 0 saturated carbocycles. The van der Waals surface area contributed by atoms with Gasteiger partial charge in [-0.15, -0.1) is 0 Å². The summed E-state index contributed by atoms with van der Waals surface area (Å²) in [5.74, 6) is 0.0106. The van der Waals surface area contributed by atoms with E-state index in [9.17, 15) is 4.79 Å². The minimum absolute atomic E-state index is 0.0140. The van der Waals surface area contributed by atoms with Crippen molar-refractivity contribution in [1.29, 1.82) is 0 Å². The number of oxazole rings is 1. The molecule has 0 spiro atoms. The molecule has 0 fully saturated rings. The lowest BCUT2D eigenvalue weighted by atomic mass is 10.1. The van der Waals surface area contributed by atoms with Gasteiger partial charge in [0.15, 0.2) is 5.89 Å². The summed E-state index contributed by atoms with van der Waals surface area (Å²) in [6.45, 7) is 6.19. The van der Waals surface area contributed by atoms with Crippen LogP contribution in [-0.4, -0.2) is 16.1 Å². The first kappa shape index (κ1) is 12.7. The summed E-state index contributed by atoms with van der Waals surface area (Å²) >= 11 is 0. The number of carboxylic acid groups (broad SMARTS) is 1. The van der Waals surface area contributed by atoms with E-state index < -0.39 is 5.97 Å². The highest BCUT2D eigenvalue weighted by Crippen LogP contribution is 2.17. The molecule has 0 aliphatic carbocycles. The van der Waals surface area contributed by atoms with Gasteiger partial charge in [0.1, 0.15) is 0 Å². The van der Waals surface area contributed by atoms with Crippen molar-refractivity contribution in [2.45, 2.75) is 46.5 Å². The van der Waals surface area contributed by atoms with E-state index >= 15 is 0 Å². The SMILES string of the molecule is CCCc1nc(CC(C)CC)oc1C(=O)O. The van der Waals surface area contributed by atoms with Crippen LogP contribution in [0, 0.1) is 5.92 Å². The van der Waals surface area contributed by atoms with Crippen LogP contribution in [0.15, 0.2) is 4.42 Å². The molecule has 4 heteroatoms. The zero-order chi connectivity index (χ0) is 12.1. The van der Waals surface area contributed by atoms with Crippen LogP contribution in [0.3, 0.4) is 0 Å². The zero-order valence-electron chi connectivity index (χ0n) is 10.1. The third-order valence-electron chi connectivity index (χ3n) is 2.64. The monoisotopic (exact) mass is 225 g/mol. The van der Waals surface area contributed by atoms with Crippen molar-refractivity contribution in [2.24, 2.45) is 5.92 Å². The van der Waals surface area contributed by atoms with E-state index in [0.717, 1.165) is 12.8 Å². The Labute approximate surface area is 95.7 Å². The van der Waals surface area contributed by atoms with Crippen LogP contribution in [0.4, 0.5) is 0 Å². The smallest absolute Gasteiger partial charge is 0.373 e. The molecule has 90 valence electrons. The molecule has 1 aromatic heterocycles. The van der Waals surface area contributed by atoms with Gasteiger partial charge < -0.3 is 9.52 Å². The average molecular weight is 225 g/mol. The normalized spacial score (nSPS) is 12.7. The lowest BCUT2D eigenvalue weighted by molar-refractivity contribution is 0.0658. The molecule has 0 aliphatic rings. The maximum Gasteiger partial charge on any atom is 0.373 e. The van der Waals surface area contributed by atoms with Gasteiger partial charge in [-0.1, -0.05) is 33.6 Å². The third kappa shape index (κ3) is 3.08. The second-order valence-corrected chi connectivity index (χ2v) is 4.16. The number of rotatable bonds is 6. The van der Waals surface area contributed by atoms with Crippen LogP contribution in [-0.2, 0) is 12.8 Å². The fourth-order valence-electron chi connectivity index (χ4n) is 1.50. The Balaban J connectivity index is 2.87. The van der Waals surface area contributed by atoms with E-state index in [-0.39, 0.29) is 5.76 Å². The van der Waals surface area contributed by atoms with Crippen molar-refractivity contribution < 1.29 is 14.3 Å². The lowest BCUT2D eigenvalue weighted by Crippen LogP contribution is -1.99. The molecular weight excluding hydrogens is 206 g/mol. The molecule has 16 heavy (non-hydrogen) atoms. The first-order chi connectivity index (χ1) is 7.58. The molecule has 0 saturated heterocycles. The number of aromatic carboxylic acids is 1. The maximum atomic E-state index is 10.9. The predicted molar refractivity (Wildman–Crippen MR) is 60.6 cm³/mol. The summed E-state index contributed by atoms with van der Waals surface area (Å²) < 4.78 is 5.29. The van der Waals surface area contributed by atoms with Crippen LogP contribution in [0.25, 0.3) is 0 Å². The Kier molecular flexibility index (Phi) is 4.52. The number of carbonyl (C=O) groups is 1. The summed E-state index contributed by atoms with van der Waals surface area (Å²) in [5, 5.41) is 8.96. The van der Waals surface area contributed by atoms with Crippen molar-refractivity contribution in [1.82, 2.24) is 4.98 Å². The van der Waals surface area contributed by atoms with Gasteiger partial charge >= 0.3 is 5.97 Å². The molecule has 1 unspecified atom stereocenters. The fraction of sp³-hybridized carbons (Fsp3) is 0.667. The van der Waals surface area contributed by atoms with Gasteiger partial charge in [-0.3, -0.25) is 0 Å². The Hall–Kier alpha value is -1.32. The molecule has 1 atom stereocenters. The van der Waals surface area contributed by atoms with Crippen molar-refractivity contribution in [3.63, 3.8) is 0 Å². The summed E-state index contributed by atoms with van der Waals surface area (Å²) in [4.78, 5) is 15.2. The first-order valence-electron chi connectivity index (χ1n) is 5.80. The minimum atomic E-state index is -1.02. The van der Waals surface area contributed by atoms with Gasteiger partial charge in [-0.05, 0) is 12.3 Å². The van der Waals surface area contributed by atoms with Gasteiger partial charge in [0.2, 0.25) is 5.76 Å². The summed E-state index contributed by atoms with van der Waals surface area (Å²) in [5.41, 5.74) is 0.577. The third-order valence-corrected chi connectivity index (χ3v) is 2.64. The first-order valence-corrected chi connectivity index (χ1v) is 5.80. The van der Waals surface area contributed by atoms with Crippen molar-refractivity contribution in [2.75, 3.05) is 0 Å². The molecule has 0 aliphatic heterocycles.